The minimum absolute atomic E-state index is 0.0591. The van der Waals surface area contributed by atoms with Gasteiger partial charge in [-0.25, -0.2) is 0 Å². The average molecular weight is 548 g/mol. The molecule has 0 bridgehead atoms. The van der Waals surface area contributed by atoms with Crippen LogP contribution in [0.5, 0.6) is 5.75 Å². The van der Waals surface area contributed by atoms with Crippen molar-refractivity contribution in [1.82, 2.24) is 14.9 Å². The molecule has 35 heavy (non-hydrogen) atoms. The first-order valence-electron chi connectivity index (χ1n) is 11.5. The number of hydrogen-bond acceptors (Lipinski definition) is 3. The zero-order chi connectivity index (χ0) is 24.7. The zero-order valence-corrected chi connectivity index (χ0v) is 22.5. The summed E-state index contributed by atoms with van der Waals surface area (Å²) in [6.45, 7) is 6.42. The number of hydrogen-bond donors (Lipinski definition) is 1. The lowest BCUT2D eigenvalue weighted by atomic mass is 9.96. The fourth-order valence-corrected chi connectivity index (χ4v) is 5.54. The van der Waals surface area contributed by atoms with E-state index in [0.29, 0.717) is 5.11 Å². The predicted molar refractivity (Wildman–Crippen MR) is 149 cm³/mol. The largest absolute Gasteiger partial charge is 0.497 e. The van der Waals surface area contributed by atoms with Crippen LogP contribution in [0.15, 0.2) is 77.4 Å². The van der Waals surface area contributed by atoms with E-state index in [4.69, 9.17) is 17.0 Å². The summed E-state index contributed by atoms with van der Waals surface area (Å²) >= 11 is 9.54. The van der Waals surface area contributed by atoms with E-state index < -0.39 is 0 Å². The second-order valence-corrected chi connectivity index (χ2v) is 10.0. The molecule has 2 aromatic carbocycles. The van der Waals surface area contributed by atoms with Crippen molar-refractivity contribution in [3.05, 3.63) is 106 Å². The van der Waals surface area contributed by atoms with Crippen molar-refractivity contribution < 1.29 is 4.74 Å². The molecule has 1 N–H and O–H groups in total. The van der Waals surface area contributed by atoms with Crippen LogP contribution < -0.4 is 15.0 Å². The first kappa shape index (κ1) is 23.6. The second-order valence-electron chi connectivity index (χ2n) is 8.79. The molecule has 2 aromatic heterocycles. The van der Waals surface area contributed by atoms with Gasteiger partial charge in [0, 0.05) is 33.4 Å². The maximum absolute atomic E-state index is 5.91. The average Bonchev–Trinajstić information content (AvgIpc) is 3.36. The number of rotatable bonds is 5. The minimum Gasteiger partial charge on any atom is -0.497 e. The third kappa shape index (κ3) is 4.23. The first-order chi connectivity index (χ1) is 16.9. The molecule has 5 nitrogen and oxygen atoms in total. The quantitative estimate of drug-likeness (QED) is 0.280. The molecule has 1 aliphatic heterocycles. The van der Waals surface area contributed by atoms with Crippen LogP contribution in [0.1, 0.15) is 40.3 Å². The van der Waals surface area contributed by atoms with Crippen LogP contribution in [0.25, 0.3) is 5.69 Å². The van der Waals surface area contributed by atoms with Crippen molar-refractivity contribution >= 4 is 38.9 Å². The number of nitrogens with one attached hydrogen (secondary N) is 1. The summed E-state index contributed by atoms with van der Waals surface area (Å²) in [7, 11) is 1.69. The maximum atomic E-state index is 5.91. The van der Waals surface area contributed by atoms with Crippen LogP contribution in [0.2, 0.25) is 0 Å². The number of aryl methyl sites for hydroxylation is 2. The van der Waals surface area contributed by atoms with E-state index in [2.05, 4.69) is 98.9 Å². The van der Waals surface area contributed by atoms with Crippen LogP contribution in [0, 0.1) is 20.8 Å². The van der Waals surface area contributed by atoms with Crippen molar-refractivity contribution in [3.63, 3.8) is 0 Å². The Labute approximate surface area is 219 Å². The van der Waals surface area contributed by atoms with E-state index in [1.165, 1.54) is 11.3 Å². The Bertz CT molecular complexity index is 1380. The number of anilines is 1. The third-order valence-corrected chi connectivity index (χ3v) is 7.84. The van der Waals surface area contributed by atoms with E-state index in [9.17, 15) is 0 Å². The van der Waals surface area contributed by atoms with Gasteiger partial charge in [0.1, 0.15) is 5.75 Å². The van der Waals surface area contributed by atoms with Gasteiger partial charge in [0.05, 0.1) is 24.9 Å². The van der Waals surface area contributed by atoms with Crippen LogP contribution in [0.3, 0.4) is 0 Å². The summed E-state index contributed by atoms with van der Waals surface area (Å²) in [6, 6.07) is 22.7. The van der Waals surface area contributed by atoms with E-state index in [0.717, 1.165) is 38.5 Å². The molecule has 0 unspecified atom stereocenters. The Kier molecular flexibility index (Phi) is 6.38. The Hall–Kier alpha value is -3.16. The van der Waals surface area contributed by atoms with Crippen molar-refractivity contribution in [2.24, 2.45) is 0 Å². The molecule has 2 atom stereocenters. The molecule has 0 amide bonds. The standard InChI is InChI=1S/C28H27BrN4OS/c1-17-15-21(10-13-24(17)29)33-27(26(31-28(33)35)25-7-5-6-14-30-25)23-16-18(2)32(19(23)3)20-8-11-22(34-4)12-9-20/h5-16,26-27H,1-4H3,(H,31,35)/t26-,27+/m0/s1. The van der Waals surface area contributed by atoms with Crippen molar-refractivity contribution in [3.8, 4) is 11.4 Å². The molecule has 7 heteroatoms. The molecule has 0 radical (unpaired) electrons. The van der Waals surface area contributed by atoms with Gasteiger partial charge in [0.25, 0.3) is 0 Å². The third-order valence-electron chi connectivity index (χ3n) is 6.64. The molecule has 178 valence electrons. The lowest BCUT2D eigenvalue weighted by Gasteiger charge is -2.28. The van der Waals surface area contributed by atoms with Crippen molar-refractivity contribution in [1.29, 1.82) is 0 Å². The Morgan fingerprint density at radius 1 is 0.971 bits per heavy atom. The summed E-state index contributed by atoms with van der Waals surface area (Å²) in [6.07, 6.45) is 1.84. The lowest BCUT2D eigenvalue weighted by Crippen LogP contribution is -2.29. The highest BCUT2D eigenvalue weighted by molar-refractivity contribution is 9.10. The summed E-state index contributed by atoms with van der Waals surface area (Å²) in [5.41, 5.74) is 7.82. The predicted octanol–water partition coefficient (Wildman–Crippen LogP) is 6.75. The van der Waals surface area contributed by atoms with Gasteiger partial charge < -0.3 is 19.5 Å². The zero-order valence-electron chi connectivity index (χ0n) is 20.1. The summed E-state index contributed by atoms with van der Waals surface area (Å²) in [5.74, 6) is 0.841. The minimum atomic E-state index is -0.0857. The SMILES string of the molecule is COc1ccc(-n2c(C)cc([C@@H]3[C@H](c4ccccn4)NC(=S)N3c3ccc(Br)c(C)c3)c2C)cc1. The Balaban J connectivity index is 1.66. The smallest absolute Gasteiger partial charge is 0.174 e. The van der Waals surface area contributed by atoms with Crippen LogP contribution in [-0.4, -0.2) is 21.8 Å². The Morgan fingerprint density at radius 3 is 2.37 bits per heavy atom. The highest BCUT2D eigenvalue weighted by atomic mass is 79.9. The number of benzene rings is 2. The summed E-state index contributed by atoms with van der Waals surface area (Å²) in [5, 5.41) is 4.27. The van der Waals surface area contributed by atoms with Gasteiger partial charge in [-0.1, -0.05) is 22.0 Å². The van der Waals surface area contributed by atoms with Crippen LogP contribution in [-0.2, 0) is 0 Å². The van der Waals surface area contributed by atoms with Gasteiger partial charge in [0.15, 0.2) is 5.11 Å². The number of methoxy groups -OCH3 is 1. The fraction of sp³-hybridized carbons (Fsp3) is 0.214. The molecular formula is C28H27BrN4OS. The van der Waals surface area contributed by atoms with Crippen molar-refractivity contribution in [2.45, 2.75) is 32.9 Å². The van der Waals surface area contributed by atoms with Gasteiger partial charge in [-0.15, -0.1) is 0 Å². The van der Waals surface area contributed by atoms with Crippen LogP contribution >= 0.6 is 28.1 Å². The van der Waals surface area contributed by atoms with Gasteiger partial charge in [0.2, 0.25) is 0 Å². The van der Waals surface area contributed by atoms with E-state index in [1.54, 1.807) is 7.11 Å². The molecule has 0 aliphatic carbocycles. The number of halogens is 1. The number of aromatic nitrogens is 2. The molecular weight excluding hydrogens is 520 g/mol. The highest BCUT2D eigenvalue weighted by Gasteiger charge is 2.42. The highest BCUT2D eigenvalue weighted by Crippen LogP contribution is 2.44. The van der Waals surface area contributed by atoms with E-state index in [-0.39, 0.29) is 12.1 Å². The van der Waals surface area contributed by atoms with Gasteiger partial charge in [-0.2, -0.15) is 0 Å². The second kappa shape index (κ2) is 9.47. The van der Waals surface area contributed by atoms with Gasteiger partial charge >= 0.3 is 0 Å². The maximum Gasteiger partial charge on any atom is 0.174 e. The summed E-state index contributed by atoms with van der Waals surface area (Å²) < 4.78 is 8.73. The molecule has 1 fully saturated rings. The number of nitrogens with zero attached hydrogens (tertiary/aromatic N) is 3. The monoisotopic (exact) mass is 546 g/mol. The van der Waals surface area contributed by atoms with Gasteiger partial charge in [-0.3, -0.25) is 4.98 Å². The molecule has 4 aromatic rings. The number of thiocarbonyl (C=S) groups is 1. The van der Waals surface area contributed by atoms with E-state index >= 15 is 0 Å². The number of pyridine rings is 1. The topological polar surface area (TPSA) is 42.3 Å². The fourth-order valence-electron chi connectivity index (χ4n) is 4.94. The number of ether oxygens (including phenoxy) is 1. The molecule has 0 saturated carbocycles. The van der Waals surface area contributed by atoms with Crippen molar-refractivity contribution in [2.75, 3.05) is 12.0 Å². The lowest BCUT2D eigenvalue weighted by molar-refractivity contribution is 0.414. The molecule has 1 saturated heterocycles. The molecule has 5 rings (SSSR count). The van der Waals surface area contributed by atoms with Crippen LogP contribution in [0.4, 0.5) is 5.69 Å². The molecule has 3 heterocycles. The molecule has 0 spiro atoms. The molecule has 1 aliphatic rings. The van der Waals surface area contributed by atoms with Gasteiger partial charge in [-0.05, 0) is 105 Å². The Morgan fingerprint density at radius 2 is 1.71 bits per heavy atom. The first-order valence-corrected chi connectivity index (χ1v) is 12.7. The summed E-state index contributed by atoms with van der Waals surface area (Å²) in [4.78, 5) is 6.92. The van der Waals surface area contributed by atoms with E-state index in [1.807, 2.05) is 30.5 Å². The normalized spacial score (nSPS) is 17.5.